The van der Waals surface area contributed by atoms with E-state index in [2.05, 4.69) is 25.7 Å². The maximum absolute atomic E-state index is 12.3. The van der Waals surface area contributed by atoms with Crippen molar-refractivity contribution in [2.75, 3.05) is 27.2 Å². The van der Waals surface area contributed by atoms with Crippen LogP contribution in [0.1, 0.15) is 52.9 Å². The number of esters is 1. The lowest BCUT2D eigenvalue weighted by Crippen LogP contribution is -2.56. The molecule has 0 aromatic rings. The summed E-state index contributed by atoms with van der Waals surface area (Å²) in [5, 5.41) is 10.4. The second-order valence-electron chi connectivity index (χ2n) is 9.24. The van der Waals surface area contributed by atoms with E-state index in [0.29, 0.717) is 12.5 Å². The summed E-state index contributed by atoms with van der Waals surface area (Å²) in [5.74, 6) is 0.570. The zero-order valence-electron chi connectivity index (χ0n) is 17.8. The highest BCUT2D eigenvalue weighted by atomic mass is 16.6. The Morgan fingerprint density at radius 2 is 1.86 bits per heavy atom. The summed E-state index contributed by atoms with van der Waals surface area (Å²) in [6, 6.07) is 0. The first-order valence-corrected chi connectivity index (χ1v) is 10.4. The molecule has 160 valence electrons. The van der Waals surface area contributed by atoms with Crippen LogP contribution >= 0.6 is 0 Å². The van der Waals surface area contributed by atoms with Gasteiger partial charge in [-0.1, -0.05) is 27.2 Å². The van der Waals surface area contributed by atoms with Crippen LogP contribution in [0.15, 0.2) is 0 Å². The van der Waals surface area contributed by atoms with Gasteiger partial charge in [0.05, 0.1) is 18.6 Å². The number of ether oxygens (including phenoxy) is 2. The van der Waals surface area contributed by atoms with E-state index in [0.717, 1.165) is 32.2 Å². The summed E-state index contributed by atoms with van der Waals surface area (Å²) in [7, 11) is 4.01. The molecule has 4 rings (SSSR count). The number of carbonyl (C=O) groups excluding carboxylic acids is 3. The van der Waals surface area contributed by atoms with Crippen molar-refractivity contribution in [1.29, 1.82) is 0 Å². The second kappa shape index (κ2) is 9.04. The Morgan fingerprint density at radius 1 is 1.29 bits per heavy atom. The van der Waals surface area contributed by atoms with Gasteiger partial charge >= 0.3 is 12.1 Å². The third-order valence-electron chi connectivity index (χ3n) is 6.76. The zero-order valence-corrected chi connectivity index (χ0v) is 17.8. The van der Waals surface area contributed by atoms with E-state index in [1.165, 1.54) is 6.42 Å². The van der Waals surface area contributed by atoms with Crippen molar-refractivity contribution in [2.45, 2.75) is 70.7 Å². The summed E-state index contributed by atoms with van der Waals surface area (Å²) < 4.78 is 11.5. The zero-order chi connectivity index (χ0) is 21.1. The number of fused-ring (bicyclic) bond motifs is 3. The number of aliphatic hydroxyl groups is 1. The molecule has 0 aromatic carbocycles. The maximum Gasteiger partial charge on any atom is 0.373 e. The molecule has 7 heteroatoms. The SMILES string of the molecule is CCC.CN(C)C[C@@H]1C(=O)O[C@@H]2C[C@@]3(C)CC[C@@H](O)[C@]4(CO4)[C@@H]3C[C@H]12.O=C=O. The normalized spacial score (nSPS) is 42.8. The monoisotopic (exact) mass is 397 g/mol. The number of carbonyl (C=O) groups is 1. The van der Waals surface area contributed by atoms with Crippen LogP contribution in [0.5, 0.6) is 0 Å². The molecular weight excluding hydrogens is 362 g/mol. The molecule has 7 nitrogen and oxygen atoms in total. The fourth-order valence-electron chi connectivity index (χ4n) is 5.51. The molecule has 0 aromatic heterocycles. The Kier molecular flexibility index (Phi) is 7.43. The second-order valence-corrected chi connectivity index (χ2v) is 9.24. The topological polar surface area (TPSA) is 96.4 Å². The van der Waals surface area contributed by atoms with Gasteiger partial charge in [-0.3, -0.25) is 4.79 Å². The highest BCUT2D eigenvalue weighted by molar-refractivity contribution is 5.75. The molecule has 1 spiro atoms. The average Bonchev–Trinajstić information content (AvgIpc) is 3.34. The van der Waals surface area contributed by atoms with Gasteiger partial charge in [0.15, 0.2) is 0 Å². The minimum Gasteiger partial charge on any atom is -0.462 e. The predicted octanol–water partition coefficient (Wildman–Crippen LogP) is 1.88. The van der Waals surface area contributed by atoms with Gasteiger partial charge < -0.3 is 19.5 Å². The van der Waals surface area contributed by atoms with Crippen molar-refractivity contribution in [3.63, 3.8) is 0 Å². The van der Waals surface area contributed by atoms with E-state index in [9.17, 15) is 9.90 Å². The van der Waals surface area contributed by atoms with E-state index in [-0.39, 0.29) is 47.2 Å². The van der Waals surface area contributed by atoms with Gasteiger partial charge in [0.2, 0.25) is 0 Å². The largest absolute Gasteiger partial charge is 0.462 e. The number of hydrogen-bond donors (Lipinski definition) is 1. The fourth-order valence-corrected chi connectivity index (χ4v) is 5.51. The summed E-state index contributed by atoms with van der Waals surface area (Å²) >= 11 is 0. The highest BCUT2D eigenvalue weighted by Gasteiger charge is 2.68. The Bertz CT molecular complexity index is 583. The molecule has 0 radical (unpaired) electrons. The standard InChI is InChI=1S/C17H27NO4.C3H8.CO2/c1-16-5-4-14(19)17(9-21-17)13(16)6-10-11(8-18(2)3)15(20)22-12(10)7-16;1-3-2;2-1-3/h10-14,19H,4-9H2,1-3H3;3H2,1-2H3;/t10-,11+,12-,13-,14-,16-,17+;;/m1../s1. The van der Waals surface area contributed by atoms with Crippen molar-refractivity contribution in [1.82, 2.24) is 4.90 Å². The number of rotatable bonds is 2. The maximum atomic E-state index is 12.3. The Hall–Kier alpha value is -1.27. The third kappa shape index (κ3) is 4.33. The highest BCUT2D eigenvalue weighted by Crippen LogP contribution is 2.62. The molecular formula is C21H35NO6. The Labute approximate surface area is 167 Å². The minimum atomic E-state index is -0.340. The van der Waals surface area contributed by atoms with Crippen LogP contribution in [0.25, 0.3) is 0 Å². The van der Waals surface area contributed by atoms with Crippen LogP contribution in [0, 0.1) is 23.2 Å². The van der Waals surface area contributed by atoms with Gasteiger partial charge in [-0.15, -0.1) is 0 Å². The minimum absolute atomic E-state index is 0.0283. The Balaban J connectivity index is 0.000000418. The predicted molar refractivity (Wildman–Crippen MR) is 101 cm³/mol. The van der Waals surface area contributed by atoms with Crippen molar-refractivity contribution >= 4 is 12.1 Å². The van der Waals surface area contributed by atoms with Crippen LogP contribution in [0.4, 0.5) is 0 Å². The Morgan fingerprint density at radius 3 is 2.36 bits per heavy atom. The summed E-state index contributed by atoms with van der Waals surface area (Å²) in [4.78, 5) is 30.6. The van der Waals surface area contributed by atoms with Crippen molar-refractivity contribution in [3.8, 4) is 0 Å². The number of hydrogen-bond acceptors (Lipinski definition) is 7. The van der Waals surface area contributed by atoms with Gasteiger partial charge in [0.25, 0.3) is 0 Å². The number of aliphatic hydroxyl groups excluding tert-OH is 1. The quantitative estimate of drug-likeness (QED) is 0.561. The molecule has 7 atom stereocenters. The van der Waals surface area contributed by atoms with E-state index in [1.807, 2.05) is 14.1 Å². The molecule has 4 fully saturated rings. The summed E-state index contributed by atoms with van der Waals surface area (Å²) in [6.45, 7) is 7.98. The van der Waals surface area contributed by atoms with Crippen LogP contribution in [0.2, 0.25) is 0 Å². The molecule has 2 saturated heterocycles. The molecule has 0 unspecified atom stereocenters. The van der Waals surface area contributed by atoms with Crippen LogP contribution in [-0.2, 0) is 23.9 Å². The fraction of sp³-hybridized carbons (Fsp3) is 0.905. The molecule has 0 amide bonds. The molecule has 2 heterocycles. The van der Waals surface area contributed by atoms with Gasteiger partial charge in [0, 0.05) is 12.5 Å². The first-order chi connectivity index (χ1) is 13.2. The molecule has 1 N–H and O–H groups in total. The van der Waals surface area contributed by atoms with E-state index < -0.39 is 0 Å². The van der Waals surface area contributed by atoms with Crippen LogP contribution in [-0.4, -0.2) is 67.2 Å². The molecule has 0 bridgehead atoms. The van der Waals surface area contributed by atoms with Crippen molar-refractivity contribution < 1.29 is 29.0 Å². The first kappa shape index (κ1) is 23.0. The third-order valence-corrected chi connectivity index (χ3v) is 6.76. The molecule has 2 aliphatic carbocycles. The van der Waals surface area contributed by atoms with Crippen molar-refractivity contribution in [3.05, 3.63) is 0 Å². The van der Waals surface area contributed by atoms with Crippen molar-refractivity contribution in [2.24, 2.45) is 23.2 Å². The van der Waals surface area contributed by atoms with E-state index in [1.54, 1.807) is 0 Å². The molecule has 2 saturated carbocycles. The number of epoxide rings is 1. The van der Waals surface area contributed by atoms with Gasteiger partial charge in [-0.2, -0.15) is 9.59 Å². The van der Waals surface area contributed by atoms with Crippen LogP contribution in [0.3, 0.4) is 0 Å². The average molecular weight is 398 g/mol. The summed E-state index contributed by atoms with van der Waals surface area (Å²) in [6.07, 6.45) is 4.90. The lowest BCUT2D eigenvalue weighted by atomic mass is 9.52. The molecule has 28 heavy (non-hydrogen) atoms. The van der Waals surface area contributed by atoms with E-state index in [4.69, 9.17) is 19.1 Å². The first-order valence-electron chi connectivity index (χ1n) is 10.4. The summed E-state index contributed by atoms with van der Waals surface area (Å²) in [5.41, 5.74) is -0.198. The number of nitrogens with zero attached hydrogens (tertiary/aromatic N) is 1. The molecule has 2 aliphatic heterocycles. The lowest BCUT2D eigenvalue weighted by Gasteiger charge is -2.53. The smallest absolute Gasteiger partial charge is 0.373 e. The van der Waals surface area contributed by atoms with Crippen LogP contribution < -0.4 is 0 Å². The molecule has 4 aliphatic rings. The van der Waals surface area contributed by atoms with E-state index >= 15 is 0 Å². The van der Waals surface area contributed by atoms with Gasteiger partial charge in [0.1, 0.15) is 11.7 Å². The lowest BCUT2D eigenvalue weighted by molar-refractivity contribution is -0.191. The van der Waals surface area contributed by atoms with Gasteiger partial charge in [-0.25, -0.2) is 0 Å². The van der Waals surface area contributed by atoms with Gasteiger partial charge in [-0.05, 0) is 51.1 Å².